The van der Waals surface area contributed by atoms with Gasteiger partial charge in [-0.15, -0.1) is 0 Å². The van der Waals surface area contributed by atoms with Crippen molar-refractivity contribution in [2.24, 2.45) is 0 Å². The minimum Gasteiger partial charge on any atom is -0.352 e. The topological polar surface area (TPSA) is 79.8 Å². The number of carbonyl (C=O) groups is 1. The van der Waals surface area contributed by atoms with Crippen LogP contribution in [0.4, 0.5) is 0 Å². The molecule has 0 atom stereocenters. The predicted octanol–water partition coefficient (Wildman–Crippen LogP) is 3.35. The summed E-state index contributed by atoms with van der Waals surface area (Å²) in [6.45, 7) is 0.754. The van der Waals surface area contributed by atoms with Crippen LogP contribution in [0.25, 0.3) is 21.9 Å². The summed E-state index contributed by atoms with van der Waals surface area (Å²) in [4.78, 5) is 32.4. The molecule has 2 heterocycles. The van der Waals surface area contributed by atoms with Crippen LogP contribution in [0.2, 0.25) is 0 Å². The summed E-state index contributed by atoms with van der Waals surface area (Å²) in [6.07, 6.45) is 1.72. The lowest BCUT2D eigenvalue weighted by atomic mass is 10.2. The van der Waals surface area contributed by atoms with Gasteiger partial charge in [0.2, 0.25) is 5.91 Å². The van der Waals surface area contributed by atoms with Crippen molar-refractivity contribution >= 4 is 43.8 Å². The molecule has 0 saturated heterocycles. The second-order valence-electron chi connectivity index (χ2n) is 6.29. The summed E-state index contributed by atoms with van der Waals surface area (Å²) in [5.41, 5.74) is 2.81. The van der Waals surface area contributed by atoms with Crippen molar-refractivity contribution < 1.29 is 4.79 Å². The number of amides is 1. The number of hydrogen-bond acceptors (Lipinski definition) is 3. The van der Waals surface area contributed by atoms with E-state index in [9.17, 15) is 9.59 Å². The fourth-order valence-electron chi connectivity index (χ4n) is 3.03. The summed E-state index contributed by atoms with van der Waals surface area (Å²) in [5.74, 6) is -0.105. The van der Waals surface area contributed by atoms with E-state index in [-0.39, 0.29) is 24.4 Å². The first kappa shape index (κ1) is 17.5. The Morgan fingerprint density at radius 1 is 1.19 bits per heavy atom. The molecule has 2 N–H and O–H groups in total. The molecule has 4 rings (SSSR count). The van der Waals surface area contributed by atoms with E-state index in [4.69, 9.17) is 0 Å². The Labute approximate surface area is 163 Å². The van der Waals surface area contributed by atoms with Crippen molar-refractivity contribution in [3.8, 4) is 0 Å². The van der Waals surface area contributed by atoms with Crippen LogP contribution in [-0.4, -0.2) is 20.4 Å². The van der Waals surface area contributed by atoms with Crippen molar-refractivity contribution in [1.82, 2.24) is 19.9 Å². The summed E-state index contributed by atoms with van der Waals surface area (Å²) >= 11 is 3.44. The van der Waals surface area contributed by atoms with Crippen LogP contribution in [0.1, 0.15) is 12.0 Å². The molecule has 0 spiro atoms. The average Bonchev–Trinajstić information content (AvgIpc) is 3.05. The van der Waals surface area contributed by atoms with E-state index >= 15 is 0 Å². The lowest BCUT2D eigenvalue weighted by molar-refractivity contribution is -0.121. The van der Waals surface area contributed by atoms with E-state index in [2.05, 4.69) is 31.2 Å². The molecule has 0 unspecified atom stereocenters. The highest BCUT2D eigenvalue weighted by Crippen LogP contribution is 2.24. The van der Waals surface area contributed by atoms with Gasteiger partial charge in [0.25, 0.3) is 5.56 Å². The maximum absolute atomic E-state index is 12.7. The standard InChI is InChI=1S/C20H17BrN4O2/c21-14-6-7-16-15(10-14)18-19(24-16)20(27)25(12-23-18)9-8-17(26)22-11-13-4-2-1-3-5-13/h1-7,10,12,24H,8-9,11H2,(H,22,26). The number of benzene rings is 2. The molecule has 2 aromatic heterocycles. The molecule has 0 radical (unpaired) electrons. The number of aryl methyl sites for hydroxylation is 1. The molecular formula is C20H17BrN4O2. The Bertz CT molecular complexity index is 1180. The van der Waals surface area contributed by atoms with Crippen LogP contribution in [-0.2, 0) is 17.9 Å². The van der Waals surface area contributed by atoms with Crippen molar-refractivity contribution in [1.29, 1.82) is 0 Å². The Morgan fingerprint density at radius 3 is 2.81 bits per heavy atom. The first-order valence-electron chi connectivity index (χ1n) is 8.59. The van der Waals surface area contributed by atoms with Crippen LogP contribution in [0.15, 0.2) is 64.1 Å². The molecule has 0 aliphatic rings. The highest BCUT2D eigenvalue weighted by atomic mass is 79.9. The molecule has 27 heavy (non-hydrogen) atoms. The fraction of sp³-hybridized carbons (Fsp3) is 0.150. The second kappa shape index (κ2) is 7.36. The molecule has 0 aliphatic carbocycles. The van der Waals surface area contributed by atoms with Crippen LogP contribution in [0, 0.1) is 0 Å². The Hall–Kier alpha value is -2.93. The molecule has 2 aromatic carbocycles. The number of H-pyrrole nitrogens is 1. The molecule has 0 saturated carbocycles. The van der Waals surface area contributed by atoms with Gasteiger partial charge >= 0.3 is 0 Å². The second-order valence-corrected chi connectivity index (χ2v) is 7.21. The summed E-state index contributed by atoms with van der Waals surface area (Å²) in [5, 5.41) is 3.76. The molecule has 0 fully saturated rings. The molecular weight excluding hydrogens is 408 g/mol. The van der Waals surface area contributed by atoms with Crippen LogP contribution in [0.5, 0.6) is 0 Å². The average molecular weight is 425 g/mol. The number of rotatable bonds is 5. The summed E-state index contributed by atoms with van der Waals surface area (Å²) < 4.78 is 2.39. The summed E-state index contributed by atoms with van der Waals surface area (Å²) in [7, 11) is 0. The third kappa shape index (κ3) is 3.64. The largest absolute Gasteiger partial charge is 0.352 e. The SMILES string of the molecule is O=C(CCn1cnc2c([nH]c3ccc(Br)cc32)c1=O)NCc1ccccc1. The molecule has 7 heteroatoms. The maximum atomic E-state index is 12.7. The van der Waals surface area contributed by atoms with E-state index < -0.39 is 0 Å². The maximum Gasteiger partial charge on any atom is 0.277 e. The van der Waals surface area contributed by atoms with Crippen LogP contribution < -0.4 is 10.9 Å². The number of halogens is 1. The van der Waals surface area contributed by atoms with Gasteiger partial charge in [-0.25, -0.2) is 4.98 Å². The molecule has 1 amide bonds. The minimum absolute atomic E-state index is 0.105. The van der Waals surface area contributed by atoms with E-state index in [1.807, 2.05) is 48.5 Å². The predicted molar refractivity (Wildman–Crippen MR) is 108 cm³/mol. The molecule has 0 bridgehead atoms. The van der Waals surface area contributed by atoms with Gasteiger partial charge in [-0.05, 0) is 23.8 Å². The van der Waals surface area contributed by atoms with Crippen molar-refractivity contribution in [2.75, 3.05) is 0 Å². The fourth-order valence-corrected chi connectivity index (χ4v) is 3.39. The zero-order valence-electron chi connectivity index (χ0n) is 14.4. The number of nitrogens with one attached hydrogen (secondary N) is 2. The van der Waals surface area contributed by atoms with Gasteiger partial charge in [0.15, 0.2) is 0 Å². The quantitative estimate of drug-likeness (QED) is 0.515. The van der Waals surface area contributed by atoms with Gasteiger partial charge in [0.05, 0.1) is 6.33 Å². The lowest BCUT2D eigenvalue weighted by Crippen LogP contribution is -2.27. The monoisotopic (exact) mass is 424 g/mol. The number of aromatic amines is 1. The third-order valence-electron chi connectivity index (χ3n) is 4.45. The highest BCUT2D eigenvalue weighted by molar-refractivity contribution is 9.10. The van der Waals surface area contributed by atoms with Crippen molar-refractivity contribution in [3.63, 3.8) is 0 Å². The van der Waals surface area contributed by atoms with Crippen molar-refractivity contribution in [3.05, 3.63) is 75.2 Å². The van der Waals surface area contributed by atoms with Gasteiger partial charge < -0.3 is 10.3 Å². The van der Waals surface area contributed by atoms with Gasteiger partial charge in [0, 0.05) is 34.9 Å². The Balaban J connectivity index is 1.49. The first-order chi connectivity index (χ1) is 13.1. The normalized spacial score (nSPS) is 11.1. The molecule has 136 valence electrons. The van der Waals surface area contributed by atoms with E-state index in [1.165, 1.54) is 10.9 Å². The smallest absolute Gasteiger partial charge is 0.277 e. The van der Waals surface area contributed by atoms with Crippen LogP contribution >= 0.6 is 15.9 Å². The number of aromatic nitrogens is 3. The first-order valence-corrected chi connectivity index (χ1v) is 9.38. The summed E-state index contributed by atoms with van der Waals surface area (Å²) in [6, 6.07) is 15.5. The Kier molecular flexibility index (Phi) is 4.77. The zero-order valence-corrected chi connectivity index (χ0v) is 16.0. The number of nitrogens with zero attached hydrogens (tertiary/aromatic N) is 2. The van der Waals surface area contributed by atoms with E-state index in [1.54, 1.807) is 0 Å². The van der Waals surface area contributed by atoms with Gasteiger partial charge in [-0.3, -0.25) is 14.2 Å². The molecule has 4 aromatic rings. The van der Waals surface area contributed by atoms with E-state index in [0.29, 0.717) is 17.6 Å². The minimum atomic E-state index is -0.178. The van der Waals surface area contributed by atoms with Crippen LogP contribution in [0.3, 0.4) is 0 Å². The Morgan fingerprint density at radius 2 is 2.00 bits per heavy atom. The lowest BCUT2D eigenvalue weighted by Gasteiger charge is -2.07. The third-order valence-corrected chi connectivity index (χ3v) is 4.94. The zero-order chi connectivity index (χ0) is 18.8. The number of hydrogen-bond donors (Lipinski definition) is 2. The number of fused-ring (bicyclic) bond motifs is 3. The van der Waals surface area contributed by atoms with E-state index in [0.717, 1.165) is 20.9 Å². The van der Waals surface area contributed by atoms with Gasteiger partial charge in [-0.2, -0.15) is 0 Å². The molecule has 0 aliphatic heterocycles. The highest BCUT2D eigenvalue weighted by Gasteiger charge is 2.12. The van der Waals surface area contributed by atoms with Crippen molar-refractivity contribution in [2.45, 2.75) is 19.5 Å². The molecule has 6 nitrogen and oxygen atoms in total. The van der Waals surface area contributed by atoms with Gasteiger partial charge in [-0.1, -0.05) is 46.3 Å². The number of carbonyl (C=O) groups excluding carboxylic acids is 1. The van der Waals surface area contributed by atoms with Gasteiger partial charge in [0.1, 0.15) is 11.0 Å².